The van der Waals surface area contributed by atoms with Gasteiger partial charge in [-0.1, -0.05) is 18.5 Å². The Kier molecular flexibility index (Phi) is 4.16. The second-order valence-corrected chi connectivity index (χ2v) is 4.63. The lowest BCUT2D eigenvalue weighted by Crippen LogP contribution is -2.29. The SMILES string of the molecule is CCC(C(=O)Cc1cnc(Cl)s1)[N+](=O)[O-]. The van der Waals surface area contributed by atoms with Crippen LogP contribution >= 0.6 is 22.9 Å². The number of hydrogen-bond acceptors (Lipinski definition) is 5. The molecule has 0 spiro atoms. The number of ketones is 1. The first-order valence-corrected chi connectivity index (χ1v) is 5.50. The molecule has 1 atom stereocenters. The van der Waals surface area contributed by atoms with Crippen molar-refractivity contribution in [2.75, 3.05) is 0 Å². The van der Waals surface area contributed by atoms with Gasteiger partial charge in [-0.05, 0) is 0 Å². The molecule has 82 valence electrons. The summed E-state index contributed by atoms with van der Waals surface area (Å²) >= 11 is 6.75. The Hall–Kier alpha value is -1.01. The van der Waals surface area contributed by atoms with Gasteiger partial charge in [0.25, 0.3) is 6.04 Å². The maximum atomic E-state index is 11.5. The number of rotatable bonds is 5. The number of thiazole rings is 1. The predicted molar refractivity (Wildman–Crippen MR) is 56.9 cm³/mol. The van der Waals surface area contributed by atoms with Crippen molar-refractivity contribution in [3.63, 3.8) is 0 Å². The molecule has 0 amide bonds. The number of nitro groups is 1. The highest BCUT2D eigenvalue weighted by atomic mass is 35.5. The molecule has 0 radical (unpaired) electrons. The third kappa shape index (κ3) is 3.24. The average Bonchev–Trinajstić information content (AvgIpc) is 2.51. The summed E-state index contributed by atoms with van der Waals surface area (Å²) in [4.78, 5) is 25.9. The van der Waals surface area contributed by atoms with Crippen molar-refractivity contribution in [1.82, 2.24) is 4.98 Å². The van der Waals surface area contributed by atoms with E-state index in [4.69, 9.17) is 11.6 Å². The zero-order valence-electron chi connectivity index (χ0n) is 7.97. The Morgan fingerprint density at radius 2 is 2.47 bits per heavy atom. The smallest absolute Gasteiger partial charge is 0.270 e. The van der Waals surface area contributed by atoms with Crippen molar-refractivity contribution in [3.05, 3.63) is 25.7 Å². The van der Waals surface area contributed by atoms with Crippen LogP contribution in [-0.4, -0.2) is 21.7 Å². The molecule has 5 nitrogen and oxygen atoms in total. The summed E-state index contributed by atoms with van der Waals surface area (Å²) < 4.78 is 0.340. The van der Waals surface area contributed by atoms with E-state index in [1.165, 1.54) is 17.5 Å². The fourth-order valence-corrected chi connectivity index (χ4v) is 2.14. The van der Waals surface area contributed by atoms with Gasteiger partial charge in [-0.2, -0.15) is 0 Å². The van der Waals surface area contributed by atoms with Gasteiger partial charge in [0.05, 0.1) is 0 Å². The minimum atomic E-state index is -1.12. The third-order valence-corrected chi connectivity index (χ3v) is 3.00. The Labute approximate surface area is 95.2 Å². The molecule has 0 bridgehead atoms. The van der Waals surface area contributed by atoms with E-state index in [0.29, 0.717) is 9.34 Å². The van der Waals surface area contributed by atoms with Crippen molar-refractivity contribution >= 4 is 28.7 Å². The summed E-state index contributed by atoms with van der Waals surface area (Å²) in [7, 11) is 0. The Bertz CT molecular complexity index is 380. The van der Waals surface area contributed by atoms with Crippen LogP contribution < -0.4 is 0 Å². The fraction of sp³-hybridized carbons (Fsp3) is 0.500. The molecule has 0 saturated heterocycles. The molecule has 1 aromatic rings. The zero-order valence-corrected chi connectivity index (χ0v) is 9.55. The van der Waals surface area contributed by atoms with Gasteiger partial charge in [-0.3, -0.25) is 14.9 Å². The topological polar surface area (TPSA) is 73.1 Å². The van der Waals surface area contributed by atoms with Crippen LogP contribution in [0.25, 0.3) is 0 Å². The van der Waals surface area contributed by atoms with E-state index >= 15 is 0 Å². The van der Waals surface area contributed by atoms with Crippen molar-refractivity contribution in [2.24, 2.45) is 0 Å². The molecular weight excluding hydrogens is 240 g/mol. The zero-order chi connectivity index (χ0) is 11.4. The highest BCUT2D eigenvalue weighted by molar-refractivity contribution is 7.15. The van der Waals surface area contributed by atoms with Crippen molar-refractivity contribution in [1.29, 1.82) is 0 Å². The van der Waals surface area contributed by atoms with Gasteiger partial charge in [0, 0.05) is 28.8 Å². The highest BCUT2D eigenvalue weighted by Crippen LogP contribution is 2.19. The lowest BCUT2D eigenvalue weighted by atomic mass is 10.1. The van der Waals surface area contributed by atoms with Crippen molar-refractivity contribution < 1.29 is 9.72 Å². The molecule has 0 aliphatic carbocycles. The number of halogens is 1. The van der Waals surface area contributed by atoms with E-state index in [1.54, 1.807) is 6.92 Å². The monoisotopic (exact) mass is 248 g/mol. The van der Waals surface area contributed by atoms with Crippen LogP contribution in [0.15, 0.2) is 6.20 Å². The van der Waals surface area contributed by atoms with Gasteiger partial charge in [0.15, 0.2) is 4.47 Å². The van der Waals surface area contributed by atoms with Crippen LogP contribution in [0.3, 0.4) is 0 Å². The molecule has 15 heavy (non-hydrogen) atoms. The standard InChI is InChI=1S/C8H9ClN2O3S/c1-2-6(11(13)14)7(12)3-5-4-10-8(9)15-5/h4,6H,2-3H2,1H3. The number of aromatic nitrogens is 1. The van der Waals surface area contributed by atoms with Crippen LogP contribution in [0.4, 0.5) is 0 Å². The first-order valence-electron chi connectivity index (χ1n) is 4.31. The molecular formula is C8H9ClN2O3S. The van der Waals surface area contributed by atoms with Crippen molar-refractivity contribution in [3.8, 4) is 0 Å². The van der Waals surface area contributed by atoms with Crippen LogP contribution in [0.2, 0.25) is 4.47 Å². The largest absolute Gasteiger partial charge is 0.292 e. The number of carbonyl (C=O) groups is 1. The van der Waals surface area contributed by atoms with Gasteiger partial charge in [-0.25, -0.2) is 4.98 Å². The quantitative estimate of drug-likeness (QED) is 0.590. The number of carbonyl (C=O) groups excluding carboxylic acids is 1. The van der Waals surface area contributed by atoms with E-state index in [9.17, 15) is 14.9 Å². The maximum absolute atomic E-state index is 11.5. The predicted octanol–water partition coefficient (Wildman–Crippen LogP) is 1.96. The summed E-state index contributed by atoms with van der Waals surface area (Å²) in [5.41, 5.74) is 0. The second-order valence-electron chi connectivity index (χ2n) is 2.93. The van der Waals surface area contributed by atoms with E-state index in [0.717, 1.165) is 0 Å². The molecule has 1 heterocycles. The molecule has 1 aromatic heterocycles. The van der Waals surface area contributed by atoms with Crippen LogP contribution in [0, 0.1) is 10.1 Å². The van der Waals surface area contributed by atoms with Crippen LogP contribution in [0.1, 0.15) is 18.2 Å². The van der Waals surface area contributed by atoms with Gasteiger partial charge < -0.3 is 0 Å². The van der Waals surface area contributed by atoms with E-state index in [1.807, 2.05) is 0 Å². The van der Waals surface area contributed by atoms with E-state index in [-0.39, 0.29) is 12.8 Å². The maximum Gasteiger partial charge on any atom is 0.270 e. The lowest BCUT2D eigenvalue weighted by molar-refractivity contribution is -0.507. The Balaban J connectivity index is 2.66. The van der Waals surface area contributed by atoms with Crippen molar-refractivity contribution in [2.45, 2.75) is 25.8 Å². The lowest BCUT2D eigenvalue weighted by Gasteiger charge is -2.03. The fourth-order valence-electron chi connectivity index (χ4n) is 1.15. The van der Waals surface area contributed by atoms with E-state index in [2.05, 4.69) is 4.98 Å². The van der Waals surface area contributed by atoms with E-state index < -0.39 is 16.7 Å². The first-order chi connectivity index (χ1) is 7.04. The number of hydrogen-bond donors (Lipinski definition) is 0. The minimum Gasteiger partial charge on any atom is -0.292 e. The number of nitrogens with zero attached hydrogens (tertiary/aromatic N) is 2. The highest BCUT2D eigenvalue weighted by Gasteiger charge is 2.27. The normalized spacial score (nSPS) is 12.4. The van der Waals surface area contributed by atoms with Crippen LogP contribution in [0.5, 0.6) is 0 Å². The summed E-state index contributed by atoms with van der Waals surface area (Å²) in [6.07, 6.45) is 1.71. The number of Topliss-reactive ketones (excluding diaryl/α,β-unsaturated/α-hetero) is 1. The summed E-state index contributed by atoms with van der Waals surface area (Å²) in [6.45, 7) is 1.62. The van der Waals surface area contributed by atoms with Crippen LogP contribution in [-0.2, 0) is 11.2 Å². The molecule has 0 N–H and O–H groups in total. The third-order valence-electron chi connectivity index (χ3n) is 1.89. The summed E-state index contributed by atoms with van der Waals surface area (Å²) in [5, 5.41) is 10.5. The van der Waals surface area contributed by atoms with Gasteiger partial charge in [0.1, 0.15) is 0 Å². The molecule has 0 fully saturated rings. The molecule has 0 aromatic carbocycles. The molecule has 1 unspecified atom stereocenters. The summed E-state index contributed by atoms with van der Waals surface area (Å²) in [6, 6.07) is -1.12. The van der Waals surface area contributed by atoms with Gasteiger partial charge in [-0.15, -0.1) is 11.3 Å². The minimum absolute atomic E-state index is 0.0316. The molecule has 0 aliphatic heterocycles. The molecule has 1 rings (SSSR count). The summed E-state index contributed by atoms with van der Waals surface area (Å²) in [5.74, 6) is -0.400. The first kappa shape index (κ1) is 12.1. The molecule has 0 saturated carbocycles. The molecule has 0 aliphatic rings. The second kappa shape index (κ2) is 5.18. The molecule has 7 heteroatoms. The van der Waals surface area contributed by atoms with Gasteiger partial charge >= 0.3 is 0 Å². The van der Waals surface area contributed by atoms with Gasteiger partial charge in [0.2, 0.25) is 5.78 Å². The Morgan fingerprint density at radius 3 is 2.87 bits per heavy atom. The average molecular weight is 249 g/mol. The Morgan fingerprint density at radius 1 is 1.80 bits per heavy atom.